The maximum Gasteiger partial charge on any atom is 0.309 e. The first-order valence-electron chi connectivity index (χ1n) is 8.72. The molecule has 4 heteroatoms. The van der Waals surface area contributed by atoms with Crippen LogP contribution in [0, 0.1) is 23.7 Å². The number of carbonyl (C=O) groups excluding carboxylic acids is 1. The summed E-state index contributed by atoms with van der Waals surface area (Å²) < 4.78 is 5.49. The van der Waals surface area contributed by atoms with E-state index >= 15 is 0 Å². The molecule has 0 heterocycles. The van der Waals surface area contributed by atoms with Crippen molar-refractivity contribution in [2.45, 2.75) is 77.7 Å². The van der Waals surface area contributed by atoms with Gasteiger partial charge in [0.05, 0.1) is 11.8 Å². The Kier molecular flexibility index (Phi) is 5.51. The summed E-state index contributed by atoms with van der Waals surface area (Å²) in [6.07, 6.45) is 7.77. The Bertz CT molecular complexity index is 394. The minimum atomic E-state index is -0.632. The number of esters is 1. The number of rotatable bonds is 3. The van der Waals surface area contributed by atoms with Crippen molar-refractivity contribution in [1.82, 2.24) is 0 Å². The van der Waals surface area contributed by atoms with Gasteiger partial charge in [0.2, 0.25) is 0 Å². The number of ether oxygens (including phenoxy) is 1. The van der Waals surface area contributed by atoms with Crippen molar-refractivity contribution >= 4 is 11.9 Å². The average molecular weight is 310 g/mol. The van der Waals surface area contributed by atoms with E-state index in [9.17, 15) is 9.59 Å². The Hall–Kier alpha value is -1.06. The Morgan fingerprint density at radius 1 is 0.818 bits per heavy atom. The summed E-state index contributed by atoms with van der Waals surface area (Å²) >= 11 is 0. The first-order valence-corrected chi connectivity index (χ1v) is 8.72. The van der Waals surface area contributed by atoms with Crippen LogP contribution in [0.2, 0.25) is 0 Å². The summed E-state index contributed by atoms with van der Waals surface area (Å²) in [6, 6.07) is 0. The lowest BCUT2D eigenvalue weighted by Gasteiger charge is -2.37. The number of hydrogen-bond acceptors (Lipinski definition) is 3. The third-order valence-electron chi connectivity index (χ3n) is 5.30. The quantitative estimate of drug-likeness (QED) is 0.799. The Morgan fingerprint density at radius 3 is 1.59 bits per heavy atom. The van der Waals surface area contributed by atoms with Gasteiger partial charge in [-0.15, -0.1) is 0 Å². The molecule has 0 amide bonds. The Labute approximate surface area is 133 Å². The number of carboxylic acids is 1. The van der Waals surface area contributed by atoms with E-state index < -0.39 is 11.6 Å². The van der Waals surface area contributed by atoms with Crippen LogP contribution in [-0.4, -0.2) is 22.6 Å². The summed E-state index contributed by atoms with van der Waals surface area (Å²) in [5.74, 6) is 0.594. The first kappa shape index (κ1) is 17.3. The molecular weight excluding hydrogens is 280 g/mol. The molecular formula is C18H30O4. The molecule has 0 radical (unpaired) electrons. The molecule has 22 heavy (non-hydrogen) atoms. The Morgan fingerprint density at radius 2 is 1.23 bits per heavy atom. The smallest absolute Gasteiger partial charge is 0.309 e. The molecule has 2 aliphatic carbocycles. The van der Waals surface area contributed by atoms with Crippen molar-refractivity contribution in [2.24, 2.45) is 23.7 Å². The molecule has 4 nitrogen and oxygen atoms in total. The van der Waals surface area contributed by atoms with E-state index in [0.29, 0.717) is 11.8 Å². The van der Waals surface area contributed by atoms with Crippen molar-refractivity contribution in [1.29, 1.82) is 0 Å². The summed E-state index contributed by atoms with van der Waals surface area (Å²) in [6.45, 7) is 5.74. The van der Waals surface area contributed by atoms with E-state index in [1.807, 2.05) is 20.8 Å². The minimum Gasteiger partial charge on any atom is -0.481 e. The van der Waals surface area contributed by atoms with Gasteiger partial charge in [-0.2, -0.15) is 0 Å². The Balaban J connectivity index is 1.76. The molecule has 2 saturated carbocycles. The van der Waals surface area contributed by atoms with Crippen LogP contribution in [0.25, 0.3) is 0 Å². The van der Waals surface area contributed by atoms with Gasteiger partial charge in [0.25, 0.3) is 0 Å². The molecule has 0 aromatic carbocycles. The zero-order valence-corrected chi connectivity index (χ0v) is 14.1. The highest BCUT2D eigenvalue weighted by Gasteiger charge is 2.35. The van der Waals surface area contributed by atoms with Crippen LogP contribution in [0.5, 0.6) is 0 Å². The second-order valence-electron chi connectivity index (χ2n) is 8.10. The monoisotopic (exact) mass is 310 g/mol. The molecule has 126 valence electrons. The molecule has 0 atom stereocenters. The molecule has 0 aliphatic heterocycles. The summed E-state index contributed by atoms with van der Waals surface area (Å²) in [7, 11) is 0. The van der Waals surface area contributed by atoms with Crippen molar-refractivity contribution in [2.75, 3.05) is 0 Å². The zero-order chi connectivity index (χ0) is 16.3. The molecule has 0 aromatic heterocycles. The van der Waals surface area contributed by atoms with Crippen LogP contribution >= 0.6 is 0 Å². The fourth-order valence-electron chi connectivity index (χ4n) is 4.05. The van der Waals surface area contributed by atoms with E-state index in [1.54, 1.807) is 0 Å². The standard InChI is InChI=1S/C18H30O4/c1-18(2,3)22-17(21)15-10-6-13(7-11-15)12-4-8-14(9-5-12)16(19)20/h12-15H,4-11H2,1-3H3,(H,19,20). The summed E-state index contributed by atoms with van der Waals surface area (Å²) in [5.41, 5.74) is -0.400. The third-order valence-corrected chi connectivity index (χ3v) is 5.30. The van der Waals surface area contributed by atoms with Gasteiger partial charge in [-0.1, -0.05) is 0 Å². The van der Waals surface area contributed by atoms with E-state index in [-0.39, 0.29) is 17.8 Å². The second kappa shape index (κ2) is 7.01. The molecule has 0 spiro atoms. The van der Waals surface area contributed by atoms with Crippen LogP contribution in [0.1, 0.15) is 72.1 Å². The maximum absolute atomic E-state index is 12.1. The predicted molar refractivity (Wildman–Crippen MR) is 84.4 cm³/mol. The normalized spacial score (nSPS) is 33.2. The van der Waals surface area contributed by atoms with Gasteiger partial charge in [0, 0.05) is 0 Å². The topological polar surface area (TPSA) is 63.6 Å². The maximum atomic E-state index is 12.1. The molecule has 1 N–H and O–H groups in total. The van der Waals surface area contributed by atoms with Gasteiger partial charge >= 0.3 is 11.9 Å². The minimum absolute atomic E-state index is 0.0412. The van der Waals surface area contributed by atoms with E-state index in [0.717, 1.165) is 51.4 Å². The predicted octanol–water partition coefficient (Wildman–Crippen LogP) is 4.03. The van der Waals surface area contributed by atoms with E-state index in [1.165, 1.54) is 0 Å². The second-order valence-corrected chi connectivity index (χ2v) is 8.10. The lowest BCUT2D eigenvalue weighted by Crippen LogP contribution is -2.33. The van der Waals surface area contributed by atoms with Crippen LogP contribution < -0.4 is 0 Å². The SMILES string of the molecule is CC(C)(C)OC(=O)C1CCC(C2CCC(C(=O)O)CC2)CC1. The lowest BCUT2D eigenvalue weighted by molar-refractivity contribution is -0.161. The number of carboxylic acid groups (broad SMARTS) is 1. The fourth-order valence-corrected chi connectivity index (χ4v) is 4.05. The fraction of sp³-hybridized carbons (Fsp3) is 0.889. The van der Waals surface area contributed by atoms with Gasteiger partial charge < -0.3 is 9.84 Å². The first-order chi connectivity index (χ1) is 10.3. The van der Waals surface area contributed by atoms with Gasteiger partial charge in [-0.25, -0.2) is 0 Å². The van der Waals surface area contributed by atoms with Crippen molar-refractivity contribution < 1.29 is 19.4 Å². The number of hydrogen-bond donors (Lipinski definition) is 1. The zero-order valence-electron chi connectivity index (χ0n) is 14.1. The number of aliphatic carboxylic acids is 1. The van der Waals surface area contributed by atoms with E-state index in [2.05, 4.69) is 0 Å². The summed E-state index contributed by atoms with van der Waals surface area (Å²) in [4.78, 5) is 23.1. The summed E-state index contributed by atoms with van der Waals surface area (Å²) in [5, 5.41) is 9.07. The molecule has 0 bridgehead atoms. The van der Waals surface area contributed by atoms with Crippen molar-refractivity contribution in [3.63, 3.8) is 0 Å². The highest BCUT2D eigenvalue weighted by molar-refractivity contribution is 5.73. The van der Waals surface area contributed by atoms with Crippen molar-refractivity contribution in [3.05, 3.63) is 0 Å². The van der Waals surface area contributed by atoms with Gasteiger partial charge in [0.15, 0.2) is 0 Å². The van der Waals surface area contributed by atoms with Crippen LogP contribution in [0.3, 0.4) is 0 Å². The highest BCUT2D eigenvalue weighted by atomic mass is 16.6. The number of carbonyl (C=O) groups is 2. The van der Waals surface area contributed by atoms with Gasteiger partial charge in [-0.05, 0) is 84.0 Å². The molecule has 0 unspecified atom stereocenters. The third kappa shape index (κ3) is 4.72. The molecule has 2 aliphatic rings. The molecule has 0 aromatic rings. The highest BCUT2D eigenvalue weighted by Crippen LogP contribution is 2.41. The molecule has 2 rings (SSSR count). The van der Waals surface area contributed by atoms with Crippen LogP contribution in [0.15, 0.2) is 0 Å². The van der Waals surface area contributed by atoms with Crippen LogP contribution in [0.4, 0.5) is 0 Å². The van der Waals surface area contributed by atoms with Crippen LogP contribution in [-0.2, 0) is 14.3 Å². The van der Waals surface area contributed by atoms with Crippen molar-refractivity contribution in [3.8, 4) is 0 Å². The largest absolute Gasteiger partial charge is 0.481 e. The average Bonchev–Trinajstić information content (AvgIpc) is 2.46. The van der Waals surface area contributed by atoms with Gasteiger partial charge in [0.1, 0.15) is 5.60 Å². The van der Waals surface area contributed by atoms with Gasteiger partial charge in [-0.3, -0.25) is 9.59 Å². The molecule has 0 saturated heterocycles. The lowest BCUT2D eigenvalue weighted by atomic mass is 9.69. The van der Waals surface area contributed by atoms with E-state index in [4.69, 9.17) is 9.84 Å². The molecule has 2 fully saturated rings.